The van der Waals surface area contributed by atoms with E-state index in [1.54, 1.807) is 0 Å². The first kappa shape index (κ1) is 16.1. The zero-order valence-corrected chi connectivity index (χ0v) is 14.0. The largest absolute Gasteiger partial charge is 0.338 e. The smallest absolute Gasteiger partial charge is 0.109 e. The number of nitrogens with zero attached hydrogens (tertiary/aromatic N) is 2. The fourth-order valence-electron chi connectivity index (χ4n) is 2.18. The number of benzene rings is 1. The summed E-state index contributed by atoms with van der Waals surface area (Å²) >= 11 is 1.92. The first-order chi connectivity index (χ1) is 10.2. The standard InChI is InChI=1S/C17H25N3S/c1-4-9-18-15(12-17-19-10-11-20(17)3)13-21-16-7-5-14(2)6-8-16/h5-8,10-11,15,18H,4,9,12-13H2,1-3H3. The second-order valence-corrected chi connectivity index (χ2v) is 6.53. The molecule has 114 valence electrons. The van der Waals surface area contributed by atoms with Gasteiger partial charge in [-0.05, 0) is 32.0 Å². The molecule has 1 N–H and O–H groups in total. The van der Waals surface area contributed by atoms with Crippen molar-refractivity contribution in [3.05, 3.63) is 48.0 Å². The Labute approximate surface area is 132 Å². The number of rotatable bonds is 8. The van der Waals surface area contributed by atoms with Crippen LogP contribution in [0, 0.1) is 6.92 Å². The van der Waals surface area contributed by atoms with Gasteiger partial charge in [0.05, 0.1) is 0 Å². The lowest BCUT2D eigenvalue weighted by atomic mass is 10.2. The third-order valence-electron chi connectivity index (χ3n) is 3.51. The maximum Gasteiger partial charge on any atom is 0.109 e. The van der Waals surface area contributed by atoms with E-state index in [4.69, 9.17) is 0 Å². The summed E-state index contributed by atoms with van der Waals surface area (Å²) in [6.07, 6.45) is 6.02. The summed E-state index contributed by atoms with van der Waals surface area (Å²) in [5, 5.41) is 3.64. The number of nitrogens with one attached hydrogen (secondary N) is 1. The van der Waals surface area contributed by atoms with Crippen molar-refractivity contribution in [1.29, 1.82) is 0 Å². The summed E-state index contributed by atoms with van der Waals surface area (Å²) in [7, 11) is 2.06. The van der Waals surface area contributed by atoms with Crippen molar-refractivity contribution in [3.8, 4) is 0 Å². The summed E-state index contributed by atoms with van der Waals surface area (Å²) < 4.78 is 2.11. The topological polar surface area (TPSA) is 29.9 Å². The van der Waals surface area contributed by atoms with Gasteiger partial charge in [-0.3, -0.25) is 0 Å². The van der Waals surface area contributed by atoms with Crippen molar-refractivity contribution >= 4 is 11.8 Å². The monoisotopic (exact) mass is 303 g/mol. The molecule has 4 heteroatoms. The Kier molecular flexibility index (Phi) is 6.33. The highest BCUT2D eigenvalue weighted by Gasteiger charge is 2.12. The minimum absolute atomic E-state index is 0.456. The van der Waals surface area contributed by atoms with Gasteiger partial charge in [0.2, 0.25) is 0 Å². The van der Waals surface area contributed by atoms with E-state index in [0.717, 1.165) is 31.0 Å². The molecular formula is C17H25N3S. The number of thioether (sulfide) groups is 1. The van der Waals surface area contributed by atoms with Gasteiger partial charge in [0, 0.05) is 42.6 Å². The van der Waals surface area contributed by atoms with Crippen LogP contribution in [0.5, 0.6) is 0 Å². The lowest BCUT2D eigenvalue weighted by Crippen LogP contribution is -2.34. The number of hydrogen-bond acceptors (Lipinski definition) is 3. The summed E-state index contributed by atoms with van der Waals surface area (Å²) in [6.45, 7) is 5.39. The van der Waals surface area contributed by atoms with Crippen LogP contribution in [0.4, 0.5) is 0 Å². The van der Waals surface area contributed by atoms with Crippen LogP contribution in [0.1, 0.15) is 24.7 Å². The van der Waals surface area contributed by atoms with E-state index in [1.807, 2.05) is 24.2 Å². The molecule has 1 atom stereocenters. The summed E-state index contributed by atoms with van der Waals surface area (Å²) in [6, 6.07) is 9.22. The average Bonchev–Trinajstić information content (AvgIpc) is 2.89. The normalized spacial score (nSPS) is 12.5. The number of imidazole rings is 1. The van der Waals surface area contributed by atoms with Crippen molar-refractivity contribution in [2.24, 2.45) is 7.05 Å². The second kappa shape index (κ2) is 8.25. The molecule has 0 aliphatic carbocycles. The minimum Gasteiger partial charge on any atom is -0.338 e. The summed E-state index contributed by atoms with van der Waals surface area (Å²) in [5.41, 5.74) is 1.31. The quantitative estimate of drug-likeness (QED) is 0.758. The molecular weight excluding hydrogens is 278 g/mol. The Morgan fingerprint density at radius 1 is 1.29 bits per heavy atom. The highest BCUT2D eigenvalue weighted by molar-refractivity contribution is 7.99. The van der Waals surface area contributed by atoms with Gasteiger partial charge in [0.1, 0.15) is 5.82 Å². The molecule has 0 amide bonds. The van der Waals surface area contributed by atoms with Crippen LogP contribution in [0.15, 0.2) is 41.6 Å². The Balaban J connectivity index is 1.92. The van der Waals surface area contributed by atoms with Gasteiger partial charge in [-0.15, -0.1) is 11.8 Å². The van der Waals surface area contributed by atoms with Gasteiger partial charge in [-0.2, -0.15) is 0 Å². The minimum atomic E-state index is 0.456. The molecule has 1 aromatic heterocycles. The molecule has 21 heavy (non-hydrogen) atoms. The Morgan fingerprint density at radius 3 is 2.67 bits per heavy atom. The molecule has 0 aliphatic rings. The van der Waals surface area contributed by atoms with E-state index in [9.17, 15) is 0 Å². The van der Waals surface area contributed by atoms with Crippen molar-refractivity contribution in [3.63, 3.8) is 0 Å². The highest BCUT2D eigenvalue weighted by Crippen LogP contribution is 2.20. The molecule has 2 rings (SSSR count). The van der Waals surface area contributed by atoms with Gasteiger partial charge < -0.3 is 9.88 Å². The van der Waals surface area contributed by atoms with E-state index in [2.05, 4.69) is 60.0 Å². The average molecular weight is 303 g/mol. The second-order valence-electron chi connectivity index (χ2n) is 5.43. The Hall–Kier alpha value is -1.26. The van der Waals surface area contributed by atoms with E-state index in [1.165, 1.54) is 10.5 Å². The van der Waals surface area contributed by atoms with E-state index in [-0.39, 0.29) is 0 Å². The van der Waals surface area contributed by atoms with E-state index < -0.39 is 0 Å². The molecule has 0 fully saturated rings. The van der Waals surface area contributed by atoms with Crippen molar-refractivity contribution in [1.82, 2.24) is 14.9 Å². The van der Waals surface area contributed by atoms with Crippen molar-refractivity contribution in [2.45, 2.75) is 37.6 Å². The fourth-order valence-corrected chi connectivity index (χ4v) is 3.14. The molecule has 0 saturated carbocycles. The van der Waals surface area contributed by atoms with Crippen LogP contribution in [-0.4, -0.2) is 27.9 Å². The molecule has 1 heterocycles. The molecule has 1 aromatic carbocycles. The first-order valence-electron chi connectivity index (χ1n) is 7.58. The molecule has 0 radical (unpaired) electrons. The number of aromatic nitrogens is 2. The first-order valence-corrected chi connectivity index (χ1v) is 8.56. The highest BCUT2D eigenvalue weighted by atomic mass is 32.2. The zero-order chi connectivity index (χ0) is 15.1. The summed E-state index contributed by atoms with van der Waals surface area (Å²) in [4.78, 5) is 5.78. The van der Waals surface area contributed by atoms with Gasteiger partial charge in [-0.25, -0.2) is 4.98 Å². The van der Waals surface area contributed by atoms with Crippen LogP contribution < -0.4 is 5.32 Å². The number of aryl methyl sites for hydroxylation is 2. The van der Waals surface area contributed by atoms with Crippen molar-refractivity contribution < 1.29 is 0 Å². The van der Waals surface area contributed by atoms with E-state index in [0.29, 0.717) is 6.04 Å². The number of hydrogen-bond donors (Lipinski definition) is 1. The van der Waals surface area contributed by atoms with Crippen molar-refractivity contribution in [2.75, 3.05) is 12.3 Å². The van der Waals surface area contributed by atoms with Crippen LogP contribution >= 0.6 is 11.8 Å². The summed E-state index contributed by atoms with van der Waals surface area (Å²) in [5.74, 6) is 2.21. The molecule has 0 aliphatic heterocycles. The molecule has 0 spiro atoms. The molecule has 0 bridgehead atoms. The molecule has 1 unspecified atom stereocenters. The molecule has 0 saturated heterocycles. The Morgan fingerprint density at radius 2 is 2.05 bits per heavy atom. The third-order valence-corrected chi connectivity index (χ3v) is 4.68. The van der Waals surface area contributed by atoms with Gasteiger partial charge in [0.25, 0.3) is 0 Å². The maximum absolute atomic E-state index is 4.44. The predicted octanol–water partition coefficient (Wildman–Crippen LogP) is 3.43. The zero-order valence-electron chi connectivity index (χ0n) is 13.2. The fraction of sp³-hybridized carbons (Fsp3) is 0.471. The van der Waals surface area contributed by atoms with Gasteiger partial charge in [0.15, 0.2) is 0 Å². The van der Waals surface area contributed by atoms with Crippen LogP contribution in [-0.2, 0) is 13.5 Å². The maximum atomic E-state index is 4.44. The third kappa shape index (κ3) is 5.21. The Bertz CT molecular complexity index is 533. The van der Waals surface area contributed by atoms with Crippen LogP contribution in [0.25, 0.3) is 0 Å². The predicted molar refractivity (Wildman–Crippen MR) is 90.9 cm³/mol. The lowest BCUT2D eigenvalue weighted by molar-refractivity contribution is 0.532. The van der Waals surface area contributed by atoms with Crippen LogP contribution in [0.2, 0.25) is 0 Å². The van der Waals surface area contributed by atoms with E-state index >= 15 is 0 Å². The SMILES string of the molecule is CCCNC(CSc1ccc(C)cc1)Cc1nccn1C. The lowest BCUT2D eigenvalue weighted by Gasteiger charge is -2.18. The molecule has 3 nitrogen and oxygen atoms in total. The molecule has 2 aromatic rings. The van der Waals surface area contributed by atoms with Gasteiger partial charge in [-0.1, -0.05) is 24.6 Å². The van der Waals surface area contributed by atoms with Gasteiger partial charge >= 0.3 is 0 Å². The van der Waals surface area contributed by atoms with Crippen LogP contribution in [0.3, 0.4) is 0 Å².